The molecule has 5 heteroatoms. The van der Waals surface area contributed by atoms with Crippen LogP contribution < -0.4 is 9.65 Å². The average Bonchev–Trinajstić information content (AvgIpc) is 2.37. The van der Waals surface area contributed by atoms with E-state index in [2.05, 4.69) is 12.6 Å². The molecule has 0 fully saturated rings. The van der Waals surface area contributed by atoms with Crippen molar-refractivity contribution in [3.05, 3.63) is 66.2 Å². The Kier molecular flexibility index (Phi) is 4.00. The Balaban J connectivity index is 2.24. The second kappa shape index (κ2) is 5.55. The Labute approximate surface area is 120 Å². The standard InChI is InChI=1S/C15H15BO3S/c1-11(13-4-3-5-14(16)10-13)12-6-8-15(9-7-12)19-20(2,17)18/h3-10H,1,16H2,2H3. The Morgan fingerprint density at radius 1 is 1.10 bits per heavy atom. The van der Waals surface area contributed by atoms with E-state index in [1.54, 1.807) is 24.3 Å². The van der Waals surface area contributed by atoms with Gasteiger partial charge in [-0.3, -0.25) is 0 Å². The van der Waals surface area contributed by atoms with Crippen LogP contribution in [0.5, 0.6) is 5.75 Å². The number of benzene rings is 2. The van der Waals surface area contributed by atoms with Crippen molar-refractivity contribution in [2.75, 3.05) is 6.26 Å². The molecule has 0 atom stereocenters. The van der Waals surface area contributed by atoms with Crippen molar-refractivity contribution >= 4 is 29.0 Å². The third kappa shape index (κ3) is 3.74. The van der Waals surface area contributed by atoms with E-state index in [-0.39, 0.29) is 0 Å². The second-order valence-corrected chi connectivity index (χ2v) is 6.23. The summed E-state index contributed by atoms with van der Waals surface area (Å²) in [4.78, 5) is 0. The van der Waals surface area contributed by atoms with Gasteiger partial charge in [-0.2, -0.15) is 8.42 Å². The van der Waals surface area contributed by atoms with E-state index in [9.17, 15) is 8.42 Å². The first-order chi connectivity index (χ1) is 9.35. The van der Waals surface area contributed by atoms with Gasteiger partial charge in [0.05, 0.1) is 6.26 Å². The van der Waals surface area contributed by atoms with Crippen molar-refractivity contribution in [3.8, 4) is 5.75 Å². The van der Waals surface area contributed by atoms with Crippen molar-refractivity contribution in [3.63, 3.8) is 0 Å². The maximum absolute atomic E-state index is 11.0. The molecular formula is C15H15BO3S. The molecule has 102 valence electrons. The lowest BCUT2D eigenvalue weighted by Gasteiger charge is -2.08. The Hall–Kier alpha value is -2.01. The summed E-state index contributed by atoms with van der Waals surface area (Å²) >= 11 is 0. The molecule has 2 rings (SSSR count). The van der Waals surface area contributed by atoms with E-state index in [1.165, 1.54) is 5.46 Å². The van der Waals surface area contributed by atoms with Gasteiger partial charge in [-0.05, 0) is 28.8 Å². The van der Waals surface area contributed by atoms with Crippen molar-refractivity contribution in [2.45, 2.75) is 0 Å². The van der Waals surface area contributed by atoms with E-state index in [0.717, 1.165) is 23.0 Å². The summed E-state index contributed by atoms with van der Waals surface area (Å²) in [6.07, 6.45) is 1.02. The molecule has 0 heterocycles. The summed E-state index contributed by atoms with van der Waals surface area (Å²) in [6.45, 7) is 4.08. The fourth-order valence-electron chi connectivity index (χ4n) is 1.89. The fraction of sp³-hybridized carbons (Fsp3) is 0.0667. The van der Waals surface area contributed by atoms with Gasteiger partial charge in [0.1, 0.15) is 13.6 Å². The lowest BCUT2D eigenvalue weighted by atomic mass is 9.91. The predicted molar refractivity (Wildman–Crippen MR) is 84.7 cm³/mol. The first kappa shape index (κ1) is 14.4. The van der Waals surface area contributed by atoms with Crippen LogP contribution in [0.25, 0.3) is 5.57 Å². The molecule has 0 spiro atoms. The van der Waals surface area contributed by atoms with Gasteiger partial charge in [0, 0.05) is 0 Å². The van der Waals surface area contributed by atoms with E-state index in [4.69, 9.17) is 4.18 Å². The molecule has 20 heavy (non-hydrogen) atoms. The van der Waals surface area contributed by atoms with Crippen molar-refractivity contribution in [2.24, 2.45) is 0 Å². The second-order valence-electron chi connectivity index (χ2n) is 4.66. The van der Waals surface area contributed by atoms with Gasteiger partial charge in [0.2, 0.25) is 0 Å². The Morgan fingerprint density at radius 2 is 1.75 bits per heavy atom. The summed E-state index contributed by atoms with van der Waals surface area (Å²) in [5.74, 6) is 0.299. The molecular weight excluding hydrogens is 271 g/mol. The van der Waals surface area contributed by atoms with Gasteiger partial charge < -0.3 is 4.18 Å². The summed E-state index contributed by atoms with van der Waals surface area (Å²) in [7, 11) is -1.46. The Bertz CT molecular complexity index is 734. The highest BCUT2D eigenvalue weighted by Crippen LogP contribution is 2.23. The first-order valence-corrected chi connectivity index (χ1v) is 7.93. The molecule has 0 N–H and O–H groups in total. The predicted octanol–water partition coefficient (Wildman–Crippen LogP) is 1.34. The normalized spacial score (nSPS) is 11.1. The molecule has 0 aliphatic rings. The van der Waals surface area contributed by atoms with Crippen molar-refractivity contribution in [1.82, 2.24) is 0 Å². The van der Waals surface area contributed by atoms with Gasteiger partial charge >= 0.3 is 10.1 Å². The molecule has 0 amide bonds. The Morgan fingerprint density at radius 3 is 2.30 bits per heavy atom. The molecule has 0 bridgehead atoms. The topological polar surface area (TPSA) is 43.4 Å². The zero-order valence-electron chi connectivity index (χ0n) is 11.5. The third-order valence-corrected chi connectivity index (χ3v) is 3.31. The van der Waals surface area contributed by atoms with Gasteiger partial charge in [-0.15, -0.1) is 0 Å². The van der Waals surface area contributed by atoms with Crippen LogP contribution in [0, 0.1) is 0 Å². The smallest absolute Gasteiger partial charge is 0.306 e. The largest absolute Gasteiger partial charge is 0.383 e. The SMILES string of the molecule is Bc1cccc(C(=C)c2ccc(OS(C)(=O)=O)cc2)c1. The molecule has 0 aliphatic heterocycles. The van der Waals surface area contributed by atoms with Crippen molar-refractivity contribution < 1.29 is 12.6 Å². The lowest BCUT2D eigenvalue weighted by Crippen LogP contribution is -2.05. The maximum atomic E-state index is 11.0. The van der Waals surface area contributed by atoms with Crippen LogP contribution in [0.1, 0.15) is 11.1 Å². The van der Waals surface area contributed by atoms with E-state index >= 15 is 0 Å². The number of hydrogen-bond acceptors (Lipinski definition) is 3. The third-order valence-electron chi connectivity index (χ3n) is 2.82. The molecule has 0 radical (unpaired) electrons. The average molecular weight is 286 g/mol. The van der Waals surface area contributed by atoms with Gasteiger partial charge in [0.25, 0.3) is 0 Å². The monoisotopic (exact) mass is 286 g/mol. The summed E-state index contributed by atoms with van der Waals surface area (Å²) in [5.41, 5.74) is 4.03. The number of rotatable bonds is 4. The molecule has 2 aromatic carbocycles. The van der Waals surface area contributed by atoms with E-state index in [0.29, 0.717) is 5.75 Å². The quantitative estimate of drug-likeness (QED) is 0.629. The fourth-order valence-corrected chi connectivity index (χ4v) is 2.35. The zero-order chi connectivity index (χ0) is 14.8. The molecule has 0 aromatic heterocycles. The van der Waals surface area contributed by atoms with E-state index in [1.807, 2.05) is 26.0 Å². The molecule has 0 saturated carbocycles. The zero-order valence-corrected chi connectivity index (χ0v) is 12.3. The van der Waals surface area contributed by atoms with Crippen LogP contribution in [0.2, 0.25) is 0 Å². The minimum absolute atomic E-state index is 0.299. The highest BCUT2D eigenvalue weighted by molar-refractivity contribution is 7.86. The highest BCUT2D eigenvalue weighted by atomic mass is 32.2. The van der Waals surface area contributed by atoms with Gasteiger partial charge in [0.15, 0.2) is 0 Å². The lowest BCUT2D eigenvalue weighted by molar-refractivity contribution is 0.493. The van der Waals surface area contributed by atoms with Crippen molar-refractivity contribution in [1.29, 1.82) is 0 Å². The van der Waals surface area contributed by atoms with E-state index < -0.39 is 10.1 Å². The van der Waals surface area contributed by atoms with Crippen LogP contribution >= 0.6 is 0 Å². The summed E-state index contributed by atoms with van der Waals surface area (Å²) < 4.78 is 26.9. The molecule has 0 aliphatic carbocycles. The summed E-state index contributed by atoms with van der Waals surface area (Å²) in [6, 6.07) is 14.9. The summed E-state index contributed by atoms with van der Waals surface area (Å²) in [5, 5.41) is 0. The first-order valence-electron chi connectivity index (χ1n) is 6.11. The van der Waals surface area contributed by atoms with Crippen LogP contribution in [-0.2, 0) is 10.1 Å². The van der Waals surface area contributed by atoms with Crippen LogP contribution in [0.3, 0.4) is 0 Å². The minimum Gasteiger partial charge on any atom is -0.383 e. The molecule has 0 unspecified atom stereocenters. The molecule has 0 saturated heterocycles. The minimum atomic E-state index is -3.49. The number of hydrogen-bond donors (Lipinski definition) is 0. The van der Waals surface area contributed by atoms with Crippen LogP contribution in [0.15, 0.2) is 55.1 Å². The molecule has 3 nitrogen and oxygen atoms in total. The molecule has 2 aromatic rings. The van der Waals surface area contributed by atoms with Crippen LogP contribution in [0.4, 0.5) is 0 Å². The van der Waals surface area contributed by atoms with Gasteiger partial charge in [-0.25, -0.2) is 0 Å². The van der Waals surface area contributed by atoms with Gasteiger partial charge in [-0.1, -0.05) is 48.4 Å². The highest BCUT2D eigenvalue weighted by Gasteiger charge is 2.06. The van der Waals surface area contributed by atoms with Crippen LogP contribution in [-0.4, -0.2) is 22.5 Å². The maximum Gasteiger partial charge on any atom is 0.306 e.